The zero-order chi connectivity index (χ0) is 10.1. The SMILES string of the molecule is COc1cc2[nH]ccc2c(OC)c1Br. The van der Waals surface area contributed by atoms with Crippen LogP contribution in [0, 0.1) is 0 Å². The quantitative estimate of drug-likeness (QED) is 0.896. The molecule has 0 aliphatic heterocycles. The first-order chi connectivity index (χ1) is 6.77. The molecule has 0 bridgehead atoms. The molecular formula is C10H10BrNO2. The van der Waals surface area contributed by atoms with Gasteiger partial charge in [-0.1, -0.05) is 0 Å². The molecule has 2 rings (SSSR count). The minimum Gasteiger partial charge on any atom is -0.495 e. The van der Waals surface area contributed by atoms with Crippen LogP contribution in [0.3, 0.4) is 0 Å². The number of aromatic amines is 1. The van der Waals surface area contributed by atoms with Crippen LogP contribution in [0.25, 0.3) is 10.9 Å². The molecule has 0 atom stereocenters. The molecule has 0 saturated heterocycles. The van der Waals surface area contributed by atoms with Crippen LogP contribution in [0.5, 0.6) is 11.5 Å². The summed E-state index contributed by atoms with van der Waals surface area (Å²) in [6.45, 7) is 0. The molecule has 0 saturated carbocycles. The molecular weight excluding hydrogens is 246 g/mol. The van der Waals surface area contributed by atoms with Crippen molar-refractivity contribution < 1.29 is 9.47 Å². The predicted octanol–water partition coefficient (Wildman–Crippen LogP) is 2.95. The Labute approximate surface area is 90.1 Å². The Morgan fingerprint density at radius 3 is 2.71 bits per heavy atom. The summed E-state index contributed by atoms with van der Waals surface area (Å²) in [4.78, 5) is 3.12. The Bertz CT molecular complexity index is 464. The fraction of sp³-hybridized carbons (Fsp3) is 0.200. The van der Waals surface area contributed by atoms with Crippen LogP contribution >= 0.6 is 15.9 Å². The van der Waals surface area contributed by atoms with Crippen molar-refractivity contribution in [3.05, 3.63) is 22.8 Å². The van der Waals surface area contributed by atoms with E-state index in [4.69, 9.17) is 9.47 Å². The molecule has 1 aromatic heterocycles. The maximum atomic E-state index is 5.31. The first kappa shape index (κ1) is 9.40. The van der Waals surface area contributed by atoms with Gasteiger partial charge in [0.15, 0.2) is 0 Å². The van der Waals surface area contributed by atoms with E-state index in [1.165, 1.54) is 0 Å². The highest BCUT2D eigenvalue weighted by Crippen LogP contribution is 2.40. The van der Waals surface area contributed by atoms with Gasteiger partial charge in [-0.25, -0.2) is 0 Å². The van der Waals surface area contributed by atoms with Crippen LogP contribution in [0.15, 0.2) is 22.8 Å². The van der Waals surface area contributed by atoms with Crippen molar-refractivity contribution in [2.75, 3.05) is 14.2 Å². The summed E-state index contributed by atoms with van der Waals surface area (Å²) in [6.07, 6.45) is 1.87. The fourth-order valence-electron chi connectivity index (χ4n) is 1.47. The lowest BCUT2D eigenvalue weighted by Crippen LogP contribution is -1.90. The first-order valence-corrected chi connectivity index (χ1v) is 4.94. The fourth-order valence-corrected chi connectivity index (χ4v) is 2.12. The third-order valence-electron chi connectivity index (χ3n) is 2.14. The lowest BCUT2D eigenvalue weighted by atomic mass is 10.2. The van der Waals surface area contributed by atoms with E-state index in [9.17, 15) is 0 Å². The van der Waals surface area contributed by atoms with Gasteiger partial charge in [-0.2, -0.15) is 0 Å². The molecule has 0 radical (unpaired) electrons. The van der Waals surface area contributed by atoms with Crippen LogP contribution in [-0.2, 0) is 0 Å². The smallest absolute Gasteiger partial charge is 0.146 e. The molecule has 74 valence electrons. The minimum absolute atomic E-state index is 0.761. The largest absolute Gasteiger partial charge is 0.495 e. The van der Waals surface area contributed by atoms with Crippen LogP contribution < -0.4 is 9.47 Å². The van der Waals surface area contributed by atoms with Gasteiger partial charge in [-0.05, 0) is 22.0 Å². The highest BCUT2D eigenvalue weighted by molar-refractivity contribution is 9.10. The van der Waals surface area contributed by atoms with E-state index in [0.717, 1.165) is 26.9 Å². The summed E-state index contributed by atoms with van der Waals surface area (Å²) in [5.41, 5.74) is 1.00. The highest BCUT2D eigenvalue weighted by atomic mass is 79.9. The molecule has 14 heavy (non-hydrogen) atoms. The number of rotatable bonds is 2. The second-order valence-electron chi connectivity index (χ2n) is 2.86. The van der Waals surface area contributed by atoms with Crippen molar-refractivity contribution in [2.24, 2.45) is 0 Å². The van der Waals surface area contributed by atoms with Crippen molar-refractivity contribution in [3.8, 4) is 11.5 Å². The second kappa shape index (κ2) is 3.53. The third kappa shape index (κ3) is 1.26. The summed E-state index contributed by atoms with van der Waals surface area (Å²) in [6, 6.07) is 3.90. The molecule has 4 heteroatoms. The maximum Gasteiger partial charge on any atom is 0.146 e. The minimum atomic E-state index is 0.761. The number of hydrogen-bond donors (Lipinski definition) is 1. The number of halogens is 1. The normalized spacial score (nSPS) is 10.5. The van der Waals surface area contributed by atoms with E-state index in [1.54, 1.807) is 14.2 Å². The molecule has 0 fully saturated rings. The van der Waals surface area contributed by atoms with Gasteiger partial charge in [0.2, 0.25) is 0 Å². The molecule has 1 heterocycles. The summed E-state index contributed by atoms with van der Waals surface area (Å²) in [7, 11) is 3.28. The predicted molar refractivity (Wildman–Crippen MR) is 59.1 cm³/mol. The molecule has 1 N–H and O–H groups in total. The molecule has 0 amide bonds. The molecule has 0 spiro atoms. The zero-order valence-electron chi connectivity index (χ0n) is 7.93. The Balaban J connectivity index is 2.80. The molecule has 1 aromatic carbocycles. The van der Waals surface area contributed by atoms with Crippen molar-refractivity contribution in [1.82, 2.24) is 4.98 Å². The lowest BCUT2D eigenvalue weighted by molar-refractivity contribution is 0.393. The van der Waals surface area contributed by atoms with E-state index < -0.39 is 0 Å². The van der Waals surface area contributed by atoms with Gasteiger partial charge >= 0.3 is 0 Å². The van der Waals surface area contributed by atoms with Crippen molar-refractivity contribution in [3.63, 3.8) is 0 Å². The van der Waals surface area contributed by atoms with E-state index in [0.29, 0.717) is 0 Å². The number of aromatic nitrogens is 1. The molecule has 3 nitrogen and oxygen atoms in total. The monoisotopic (exact) mass is 255 g/mol. The maximum absolute atomic E-state index is 5.31. The number of methoxy groups -OCH3 is 2. The van der Waals surface area contributed by atoms with Crippen LogP contribution in [0.4, 0.5) is 0 Å². The van der Waals surface area contributed by atoms with E-state index >= 15 is 0 Å². The van der Waals surface area contributed by atoms with Crippen molar-refractivity contribution >= 4 is 26.8 Å². The summed E-state index contributed by atoms with van der Waals surface area (Å²) in [5, 5.41) is 1.04. The number of hydrogen-bond acceptors (Lipinski definition) is 2. The number of nitrogens with one attached hydrogen (secondary N) is 1. The van der Waals surface area contributed by atoms with Gasteiger partial charge in [0, 0.05) is 17.6 Å². The number of H-pyrrole nitrogens is 1. The average molecular weight is 256 g/mol. The third-order valence-corrected chi connectivity index (χ3v) is 2.89. The zero-order valence-corrected chi connectivity index (χ0v) is 9.51. The number of fused-ring (bicyclic) bond motifs is 1. The Kier molecular flexibility index (Phi) is 2.37. The van der Waals surface area contributed by atoms with Gasteiger partial charge in [0.25, 0.3) is 0 Å². The summed E-state index contributed by atoms with van der Waals surface area (Å²) in [5.74, 6) is 1.55. The van der Waals surface area contributed by atoms with Gasteiger partial charge < -0.3 is 14.5 Å². The topological polar surface area (TPSA) is 34.2 Å². The van der Waals surface area contributed by atoms with Crippen LogP contribution in [0.1, 0.15) is 0 Å². The Hall–Kier alpha value is -1.16. The van der Waals surface area contributed by atoms with Gasteiger partial charge in [0.1, 0.15) is 16.0 Å². The Morgan fingerprint density at radius 1 is 1.29 bits per heavy atom. The lowest BCUT2D eigenvalue weighted by Gasteiger charge is -2.09. The van der Waals surface area contributed by atoms with Crippen molar-refractivity contribution in [1.29, 1.82) is 0 Å². The van der Waals surface area contributed by atoms with Gasteiger partial charge in [-0.3, -0.25) is 0 Å². The van der Waals surface area contributed by atoms with Crippen LogP contribution in [-0.4, -0.2) is 19.2 Å². The number of ether oxygens (including phenoxy) is 2. The highest BCUT2D eigenvalue weighted by Gasteiger charge is 2.12. The molecule has 0 aliphatic rings. The van der Waals surface area contributed by atoms with E-state index in [1.807, 2.05) is 18.3 Å². The van der Waals surface area contributed by atoms with Crippen LogP contribution in [0.2, 0.25) is 0 Å². The first-order valence-electron chi connectivity index (χ1n) is 4.15. The number of benzene rings is 1. The molecule has 0 unspecified atom stereocenters. The van der Waals surface area contributed by atoms with Gasteiger partial charge in [-0.15, -0.1) is 0 Å². The Morgan fingerprint density at radius 2 is 2.07 bits per heavy atom. The van der Waals surface area contributed by atoms with Crippen molar-refractivity contribution in [2.45, 2.75) is 0 Å². The van der Waals surface area contributed by atoms with E-state index in [2.05, 4.69) is 20.9 Å². The van der Waals surface area contributed by atoms with Gasteiger partial charge in [0.05, 0.1) is 19.7 Å². The van der Waals surface area contributed by atoms with E-state index in [-0.39, 0.29) is 0 Å². The average Bonchev–Trinajstić information content (AvgIpc) is 2.64. The molecule has 2 aromatic rings. The summed E-state index contributed by atoms with van der Waals surface area (Å²) >= 11 is 3.44. The molecule has 0 aliphatic carbocycles. The second-order valence-corrected chi connectivity index (χ2v) is 3.66. The standard InChI is InChI=1S/C10H10BrNO2/c1-13-8-5-7-6(3-4-12-7)10(14-2)9(8)11/h3-5,12H,1-2H3. The summed E-state index contributed by atoms with van der Waals surface area (Å²) < 4.78 is 11.4.